The number of para-hydroxylation sites is 2. The molecule has 1 amide bonds. The van der Waals surface area contributed by atoms with Crippen molar-refractivity contribution in [1.29, 1.82) is 0 Å². The summed E-state index contributed by atoms with van der Waals surface area (Å²) in [4.78, 5) is 13.4. The Balaban J connectivity index is 1.98. The Morgan fingerprint density at radius 1 is 1.20 bits per heavy atom. The van der Waals surface area contributed by atoms with E-state index >= 15 is 0 Å². The summed E-state index contributed by atoms with van der Waals surface area (Å²) in [5, 5.41) is 3.56. The van der Waals surface area contributed by atoms with Gasteiger partial charge in [-0.25, -0.2) is 0 Å². The van der Waals surface area contributed by atoms with Gasteiger partial charge in [-0.15, -0.1) is 0 Å². The van der Waals surface area contributed by atoms with Crippen LogP contribution in [0, 0.1) is 0 Å². The number of hydrogen-bond acceptors (Lipinski definition) is 3. The minimum atomic E-state index is -0.0781. The summed E-state index contributed by atoms with van der Waals surface area (Å²) in [5.74, 6) is 1.36. The van der Waals surface area contributed by atoms with Crippen molar-refractivity contribution >= 4 is 23.2 Å². The summed E-state index contributed by atoms with van der Waals surface area (Å²) in [6.45, 7) is 3.40. The number of nitrogens with one attached hydrogen (secondary N) is 2. The normalized spacial score (nSPS) is 11.7. The number of carbonyl (C=O) groups is 1. The van der Waals surface area contributed by atoms with E-state index in [1.54, 1.807) is 13.2 Å². The van der Waals surface area contributed by atoms with E-state index in [1.807, 2.05) is 50.4 Å². The van der Waals surface area contributed by atoms with Crippen LogP contribution < -0.4 is 19.7 Å². The molecule has 0 saturated heterocycles. The number of quaternary nitrogens is 1. The van der Waals surface area contributed by atoms with Crippen LogP contribution in [0.3, 0.4) is 0 Å². The van der Waals surface area contributed by atoms with Gasteiger partial charge in [0.1, 0.15) is 18.0 Å². The lowest BCUT2D eigenvalue weighted by molar-refractivity contribution is -0.885. The number of anilines is 1. The van der Waals surface area contributed by atoms with Crippen LogP contribution in [-0.4, -0.2) is 33.2 Å². The molecule has 0 aliphatic rings. The molecule has 0 radical (unpaired) electrons. The van der Waals surface area contributed by atoms with E-state index in [2.05, 4.69) is 5.32 Å². The first-order chi connectivity index (χ1) is 12.0. The van der Waals surface area contributed by atoms with Crippen molar-refractivity contribution in [2.45, 2.75) is 13.5 Å². The molecule has 1 atom stereocenters. The molecule has 2 N–H and O–H groups in total. The molecule has 134 valence electrons. The monoisotopic (exact) mass is 363 g/mol. The van der Waals surface area contributed by atoms with Gasteiger partial charge in [0.15, 0.2) is 6.54 Å². The molecular weight excluding hydrogens is 340 g/mol. The molecule has 0 aliphatic carbocycles. The van der Waals surface area contributed by atoms with Crippen LogP contribution in [0.15, 0.2) is 42.5 Å². The number of methoxy groups -OCH3 is 1. The van der Waals surface area contributed by atoms with Crippen molar-refractivity contribution in [3.8, 4) is 11.5 Å². The van der Waals surface area contributed by atoms with Gasteiger partial charge in [0, 0.05) is 10.6 Å². The molecule has 5 nitrogen and oxygen atoms in total. The van der Waals surface area contributed by atoms with Gasteiger partial charge in [-0.3, -0.25) is 4.79 Å². The van der Waals surface area contributed by atoms with Crippen molar-refractivity contribution in [3.63, 3.8) is 0 Å². The Hall–Kier alpha value is -2.24. The van der Waals surface area contributed by atoms with Gasteiger partial charge < -0.3 is 19.7 Å². The molecule has 0 fully saturated rings. The van der Waals surface area contributed by atoms with Gasteiger partial charge in [0.2, 0.25) is 0 Å². The van der Waals surface area contributed by atoms with Gasteiger partial charge in [0.05, 0.1) is 26.5 Å². The molecule has 2 aromatic carbocycles. The Labute approximate surface area is 153 Å². The number of rotatable bonds is 8. The summed E-state index contributed by atoms with van der Waals surface area (Å²) in [5.41, 5.74) is 1.65. The predicted molar refractivity (Wildman–Crippen MR) is 99.7 cm³/mol. The highest BCUT2D eigenvalue weighted by Crippen LogP contribution is 2.23. The summed E-state index contributed by atoms with van der Waals surface area (Å²) in [6, 6.07) is 12.9. The van der Waals surface area contributed by atoms with Gasteiger partial charge >= 0.3 is 0 Å². The van der Waals surface area contributed by atoms with Crippen LogP contribution >= 0.6 is 11.6 Å². The van der Waals surface area contributed by atoms with Crippen molar-refractivity contribution in [2.75, 3.05) is 32.6 Å². The SMILES string of the molecule is CCOc1ccccc1NC(=O)C[NH+](C)Cc1cc(Cl)ccc1OC. The molecule has 6 heteroatoms. The average Bonchev–Trinajstić information content (AvgIpc) is 2.57. The second kappa shape index (κ2) is 9.30. The van der Waals surface area contributed by atoms with Crippen LogP contribution in [-0.2, 0) is 11.3 Å². The van der Waals surface area contributed by atoms with E-state index in [4.69, 9.17) is 21.1 Å². The van der Waals surface area contributed by atoms with Gasteiger partial charge in [-0.1, -0.05) is 23.7 Å². The quantitative estimate of drug-likeness (QED) is 0.757. The number of carbonyl (C=O) groups excluding carboxylic acids is 1. The first-order valence-corrected chi connectivity index (χ1v) is 8.56. The lowest BCUT2D eigenvalue weighted by atomic mass is 10.2. The van der Waals surface area contributed by atoms with E-state index < -0.39 is 0 Å². The highest BCUT2D eigenvalue weighted by Gasteiger charge is 2.15. The largest absolute Gasteiger partial charge is 0.496 e. The summed E-state index contributed by atoms with van der Waals surface area (Å²) in [6.07, 6.45) is 0. The number of hydrogen-bond donors (Lipinski definition) is 2. The number of halogens is 1. The van der Waals surface area contributed by atoms with Gasteiger partial charge in [-0.05, 0) is 37.3 Å². The summed E-state index contributed by atoms with van der Waals surface area (Å²) >= 11 is 6.06. The Morgan fingerprint density at radius 2 is 1.96 bits per heavy atom. The number of ether oxygens (including phenoxy) is 2. The Bertz CT molecular complexity index is 722. The topological polar surface area (TPSA) is 52.0 Å². The van der Waals surface area contributed by atoms with Gasteiger partial charge in [-0.2, -0.15) is 0 Å². The fraction of sp³-hybridized carbons (Fsp3) is 0.316. The number of likely N-dealkylation sites (N-methyl/N-ethyl adjacent to an activating group) is 1. The smallest absolute Gasteiger partial charge is 0.279 e. The van der Waals surface area contributed by atoms with Crippen LogP contribution in [0.5, 0.6) is 11.5 Å². The molecule has 0 heterocycles. The molecule has 0 bridgehead atoms. The van der Waals surface area contributed by atoms with Crippen LogP contribution in [0.2, 0.25) is 5.02 Å². The number of amides is 1. The predicted octanol–water partition coefficient (Wildman–Crippen LogP) is 2.40. The number of benzene rings is 2. The summed E-state index contributed by atoms with van der Waals surface area (Å²) in [7, 11) is 3.58. The van der Waals surface area contributed by atoms with E-state index in [0.29, 0.717) is 36.2 Å². The fourth-order valence-electron chi connectivity index (χ4n) is 2.59. The maximum Gasteiger partial charge on any atom is 0.279 e. The molecule has 0 aliphatic heterocycles. The Kier molecular flexibility index (Phi) is 7.10. The molecule has 2 aromatic rings. The van der Waals surface area contributed by atoms with Crippen LogP contribution in [0.25, 0.3) is 0 Å². The summed E-state index contributed by atoms with van der Waals surface area (Å²) < 4.78 is 10.9. The zero-order chi connectivity index (χ0) is 18.2. The van der Waals surface area contributed by atoms with Crippen molar-refractivity contribution in [2.24, 2.45) is 0 Å². The maximum absolute atomic E-state index is 12.3. The molecule has 0 aromatic heterocycles. The zero-order valence-electron chi connectivity index (χ0n) is 14.8. The third-order valence-electron chi connectivity index (χ3n) is 3.66. The highest BCUT2D eigenvalue weighted by atomic mass is 35.5. The molecule has 1 unspecified atom stereocenters. The minimum Gasteiger partial charge on any atom is -0.496 e. The fourth-order valence-corrected chi connectivity index (χ4v) is 2.79. The van der Waals surface area contributed by atoms with Crippen LogP contribution in [0.1, 0.15) is 12.5 Å². The zero-order valence-corrected chi connectivity index (χ0v) is 15.5. The lowest BCUT2D eigenvalue weighted by Crippen LogP contribution is -3.08. The van der Waals surface area contributed by atoms with Gasteiger partial charge in [0.25, 0.3) is 5.91 Å². The second-order valence-corrected chi connectivity index (χ2v) is 6.18. The van der Waals surface area contributed by atoms with E-state index in [1.165, 1.54) is 0 Å². The molecular formula is C19H24ClN2O3+. The van der Waals surface area contributed by atoms with Crippen molar-refractivity contribution < 1.29 is 19.2 Å². The van der Waals surface area contributed by atoms with Crippen molar-refractivity contribution in [3.05, 3.63) is 53.1 Å². The van der Waals surface area contributed by atoms with E-state index in [-0.39, 0.29) is 5.91 Å². The second-order valence-electron chi connectivity index (χ2n) is 5.74. The first-order valence-electron chi connectivity index (χ1n) is 8.18. The molecule has 25 heavy (non-hydrogen) atoms. The maximum atomic E-state index is 12.3. The Morgan fingerprint density at radius 3 is 2.68 bits per heavy atom. The minimum absolute atomic E-state index is 0.0781. The first kappa shape index (κ1) is 19.1. The average molecular weight is 364 g/mol. The van der Waals surface area contributed by atoms with Crippen LogP contribution in [0.4, 0.5) is 5.69 Å². The third-order valence-corrected chi connectivity index (χ3v) is 3.89. The lowest BCUT2D eigenvalue weighted by Gasteiger charge is -2.17. The molecule has 0 saturated carbocycles. The van der Waals surface area contributed by atoms with Crippen molar-refractivity contribution in [1.82, 2.24) is 0 Å². The van der Waals surface area contributed by atoms with E-state index in [9.17, 15) is 4.79 Å². The standard InChI is InChI=1S/C19H23ClN2O3/c1-4-25-18-8-6-5-7-16(18)21-19(23)13-22(2)12-14-11-15(20)9-10-17(14)24-3/h5-11H,4,12-13H2,1-3H3,(H,21,23)/p+1. The van der Waals surface area contributed by atoms with E-state index in [0.717, 1.165) is 16.2 Å². The molecule has 2 rings (SSSR count). The third kappa shape index (κ3) is 5.66. The molecule has 0 spiro atoms. The highest BCUT2D eigenvalue weighted by molar-refractivity contribution is 6.30.